The molecule has 0 radical (unpaired) electrons. The smallest absolute Gasteiger partial charge is 0.332 e. The monoisotopic (exact) mass is 483 g/mol. The van der Waals surface area contributed by atoms with Crippen LogP contribution < -0.4 is 4.72 Å². The molecule has 1 aliphatic carbocycles. The molecule has 10 heteroatoms. The third kappa shape index (κ3) is 8.33. The lowest BCUT2D eigenvalue weighted by molar-refractivity contribution is -0.254. The third-order valence-electron chi connectivity index (χ3n) is 6.06. The number of aliphatic hydroxyl groups is 3. The number of thiol groups is 1. The van der Waals surface area contributed by atoms with Crippen molar-refractivity contribution in [2.24, 2.45) is 5.92 Å². The van der Waals surface area contributed by atoms with Gasteiger partial charge in [-0.05, 0) is 30.1 Å². The van der Waals surface area contributed by atoms with Gasteiger partial charge in [0, 0.05) is 5.25 Å². The maximum Gasteiger partial charge on any atom is 0.332 e. The lowest BCUT2D eigenvalue weighted by atomic mass is 9.85. The molecule has 0 aromatic rings. The Hall–Kier alpha value is -0.0700. The third-order valence-corrected chi connectivity index (χ3v) is 9.17. The predicted octanol–water partition coefficient (Wildman–Crippen LogP) is 1.51. The highest BCUT2D eigenvalue weighted by Crippen LogP contribution is 2.32. The van der Waals surface area contributed by atoms with Crippen LogP contribution in [0.3, 0.4) is 0 Å². The first-order valence-corrected chi connectivity index (χ1v) is 14.4. The fourth-order valence-corrected chi connectivity index (χ4v) is 7.66. The lowest BCUT2D eigenvalue weighted by Gasteiger charge is -2.44. The van der Waals surface area contributed by atoms with Crippen molar-refractivity contribution in [3.8, 4) is 0 Å². The van der Waals surface area contributed by atoms with Crippen molar-refractivity contribution >= 4 is 28.8 Å². The van der Waals surface area contributed by atoms with E-state index in [0.29, 0.717) is 11.7 Å². The van der Waals surface area contributed by atoms with Crippen LogP contribution in [0, 0.1) is 5.92 Å². The minimum atomic E-state index is -1.32. The van der Waals surface area contributed by atoms with E-state index in [1.54, 1.807) is 0 Å². The molecule has 2 aliphatic rings. The second kappa shape index (κ2) is 13.6. The van der Waals surface area contributed by atoms with Gasteiger partial charge in [0.2, 0.25) is 0 Å². The fraction of sp³-hybridized carbons (Fsp3) is 0.952. The zero-order valence-electron chi connectivity index (χ0n) is 18.9. The molecular formula is C21H41NO7S2. The highest BCUT2D eigenvalue weighted by Gasteiger charge is 2.47. The van der Waals surface area contributed by atoms with Crippen LogP contribution in [-0.2, 0) is 14.3 Å². The number of aliphatic carboxylic acids is 1. The Morgan fingerprint density at radius 2 is 1.94 bits per heavy atom. The van der Waals surface area contributed by atoms with Crippen LogP contribution in [0.2, 0.25) is 0 Å². The molecule has 1 heterocycles. The van der Waals surface area contributed by atoms with Gasteiger partial charge in [-0.1, -0.05) is 46.0 Å². The molecule has 8 atom stereocenters. The van der Waals surface area contributed by atoms with Crippen LogP contribution >= 0.6 is 22.8 Å². The molecule has 8 nitrogen and oxygen atoms in total. The Bertz CT molecular complexity index is 538. The van der Waals surface area contributed by atoms with Crippen LogP contribution in [0.15, 0.2) is 0 Å². The second-order valence-corrected chi connectivity index (χ2v) is 12.4. The van der Waals surface area contributed by atoms with E-state index in [1.165, 1.54) is 6.42 Å². The molecule has 1 saturated carbocycles. The molecule has 2 unspecified atom stereocenters. The van der Waals surface area contributed by atoms with Gasteiger partial charge in [0.25, 0.3) is 0 Å². The molecule has 0 bridgehead atoms. The lowest BCUT2D eigenvalue weighted by Crippen LogP contribution is -2.63. The average Bonchev–Trinajstić information content (AvgIpc) is 2.73. The Morgan fingerprint density at radius 1 is 1.26 bits per heavy atom. The molecule has 0 spiro atoms. The van der Waals surface area contributed by atoms with Crippen molar-refractivity contribution in [1.29, 1.82) is 0 Å². The molecule has 0 aromatic carbocycles. The van der Waals surface area contributed by atoms with Gasteiger partial charge < -0.3 is 29.9 Å². The quantitative estimate of drug-likeness (QED) is 0.229. The summed E-state index contributed by atoms with van der Waals surface area (Å²) in [5.74, 6) is 1.12. The first-order chi connectivity index (χ1) is 14.8. The van der Waals surface area contributed by atoms with Gasteiger partial charge in [0.1, 0.15) is 30.6 Å². The molecule has 5 N–H and O–H groups in total. The summed E-state index contributed by atoms with van der Waals surface area (Å²) in [4.78, 5) is 11.9. The van der Waals surface area contributed by atoms with Crippen LogP contribution in [0.5, 0.6) is 0 Å². The number of carboxylic acid groups (broad SMARTS) is 1. The van der Waals surface area contributed by atoms with E-state index >= 15 is 0 Å². The van der Waals surface area contributed by atoms with Gasteiger partial charge >= 0.3 is 5.97 Å². The molecule has 0 amide bonds. The first kappa shape index (κ1) is 27.2. The molecular weight excluding hydrogens is 442 g/mol. The average molecular weight is 484 g/mol. The van der Waals surface area contributed by atoms with E-state index in [4.69, 9.17) is 9.47 Å². The molecule has 2 rings (SSSR count). The van der Waals surface area contributed by atoms with Crippen LogP contribution in [0.1, 0.15) is 52.4 Å². The summed E-state index contributed by atoms with van der Waals surface area (Å²) in [6, 6.07) is 0. The summed E-state index contributed by atoms with van der Waals surface area (Å²) in [5, 5.41) is 41.3. The zero-order chi connectivity index (χ0) is 23.0. The maximum atomic E-state index is 11.9. The van der Waals surface area contributed by atoms with Crippen molar-refractivity contribution in [3.63, 3.8) is 0 Å². The molecule has 2 fully saturated rings. The number of carboxylic acids is 1. The standard InChI is InChI=1S/C21H41NO7S2/c1-4-30-13(2)12-31(3)22-20-18(25)19(17(24)16(11-23)29-20)28-15(21(26)27)10-14-8-6-5-7-9-14/h13-20,22-25,31H,4-12H2,1-3H3,(H,26,27)/t13?,15-,16+,17-,18+,19-,20+/m0/s1. The second-order valence-electron chi connectivity index (χ2n) is 8.70. The van der Waals surface area contributed by atoms with Crippen LogP contribution in [-0.4, -0.2) is 92.8 Å². The molecule has 31 heavy (non-hydrogen) atoms. The van der Waals surface area contributed by atoms with E-state index in [2.05, 4.69) is 24.8 Å². The van der Waals surface area contributed by atoms with Crippen LogP contribution in [0.4, 0.5) is 0 Å². The maximum absolute atomic E-state index is 11.9. The number of hydrogen-bond acceptors (Lipinski definition) is 8. The van der Waals surface area contributed by atoms with E-state index in [0.717, 1.165) is 37.2 Å². The summed E-state index contributed by atoms with van der Waals surface area (Å²) < 4.78 is 14.8. The van der Waals surface area contributed by atoms with Gasteiger partial charge in [-0.3, -0.25) is 4.72 Å². The Kier molecular flexibility index (Phi) is 11.9. The minimum Gasteiger partial charge on any atom is -0.479 e. The summed E-state index contributed by atoms with van der Waals surface area (Å²) >= 11 is 1.18. The number of thioether (sulfide) groups is 1. The number of hydrogen-bond donors (Lipinski definition) is 6. The van der Waals surface area contributed by atoms with Crippen molar-refractivity contribution in [2.45, 2.75) is 94.4 Å². The number of carbonyl (C=O) groups is 1. The molecule has 0 aromatic heterocycles. The number of rotatable bonds is 12. The summed E-state index contributed by atoms with van der Waals surface area (Å²) in [6.45, 7) is 3.82. The zero-order valence-corrected chi connectivity index (χ0v) is 20.6. The minimum absolute atomic E-state index is 0.271. The van der Waals surface area contributed by atoms with Gasteiger partial charge in [-0.15, -0.1) is 0 Å². The van der Waals surface area contributed by atoms with Gasteiger partial charge in [0.15, 0.2) is 6.10 Å². The van der Waals surface area contributed by atoms with Crippen molar-refractivity contribution in [2.75, 3.05) is 24.4 Å². The van der Waals surface area contributed by atoms with E-state index in [1.807, 2.05) is 11.8 Å². The SMILES string of the molecule is CCSC(C)C[SH](C)N[C@@H]1O[C@H](CO)[C@H](O)[C@H](O[C@@H](CC2CCCCC2)C(=O)O)[C@H]1O. The predicted molar refractivity (Wildman–Crippen MR) is 126 cm³/mol. The van der Waals surface area contributed by atoms with E-state index in [9.17, 15) is 25.2 Å². The molecule has 1 aliphatic heterocycles. The van der Waals surface area contributed by atoms with Crippen molar-refractivity contribution < 1.29 is 34.7 Å². The Morgan fingerprint density at radius 3 is 2.52 bits per heavy atom. The number of aliphatic hydroxyl groups excluding tert-OH is 3. The van der Waals surface area contributed by atoms with Gasteiger partial charge in [-0.2, -0.15) is 11.8 Å². The summed E-state index contributed by atoms with van der Waals surface area (Å²) in [5.41, 5.74) is 0. The Balaban J connectivity index is 2.05. The van der Waals surface area contributed by atoms with E-state index < -0.39 is 60.4 Å². The Labute approximate surface area is 192 Å². The van der Waals surface area contributed by atoms with Gasteiger partial charge in [0.05, 0.1) is 6.61 Å². The van der Waals surface area contributed by atoms with Crippen molar-refractivity contribution in [1.82, 2.24) is 4.72 Å². The fourth-order valence-electron chi connectivity index (χ4n) is 4.48. The normalized spacial score (nSPS) is 33.6. The van der Waals surface area contributed by atoms with Gasteiger partial charge in [-0.25, -0.2) is 15.9 Å². The highest BCUT2D eigenvalue weighted by molar-refractivity contribution is 8.15. The van der Waals surface area contributed by atoms with Crippen molar-refractivity contribution in [3.05, 3.63) is 0 Å². The summed E-state index contributed by atoms with van der Waals surface area (Å²) in [6.07, 6.45) is 1.09. The topological polar surface area (TPSA) is 128 Å². The molecule has 1 saturated heterocycles. The summed E-state index contributed by atoms with van der Waals surface area (Å²) in [7, 11) is 0. The first-order valence-electron chi connectivity index (χ1n) is 11.4. The van der Waals surface area contributed by atoms with E-state index in [-0.39, 0.29) is 5.92 Å². The largest absolute Gasteiger partial charge is 0.479 e. The number of nitrogens with one attached hydrogen (secondary N) is 1. The number of ether oxygens (including phenoxy) is 2. The highest BCUT2D eigenvalue weighted by atomic mass is 32.2. The molecule has 184 valence electrons. The van der Waals surface area contributed by atoms with Crippen LogP contribution in [0.25, 0.3) is 0 Å².